The van der Waals surface area contributed by atoms with Gasteiger partial charge in [-0.05, 0) is 6.92 Å². The van der Waals surface area contributed by atoms with Crippen LogP contribution >= 0.6 is 22.6 Å². The van der Waals surface area contributed by atoms with Gasteiger partial charge in [0.05, 0.1) is 0 Å². The zero-order valence-electron chi connectivity index (χ0n) is 3.81. The first-order valence-corrected chi connectivity index (χ1v) is 3.03. The molecule has 4 heteroatoms. The van der Waals surface area contributed by atoms with E-state index in [-0.39, 0.29) is 6.23 Å². The van der Waals surface area contributed by atoms with Gasteiger partial charge in [-0.25, -0.2) is 0 Å². The summed E-state index contributed by atoms with van der Waals surface area (Å²) in [6.45, 7) is 1.90. The first kappa shape index (κ1) is 5.14. The van der Waals surface area contributed by atoms with E-state index < -0.39 is 0 Å². The predicted molar refractivity (Wildman–Crippen MR) is 35.1 cm³/mol. The van der Waals surface area contributed by atoms with Crippen LogP contribution in [0.3, 0.4) is 0 Å². The lowest BCUT2D eigenvalue weighted by Gasteiger charge is -1.96. The van der Waals surface area contributed by atoms with E-state index in [0.717, 1.165) is 3.84 Å². The highest BCUT2D eigenvalue weighted by molar-refractivity contribution is 14.1. The van der Waals surface area contributed by atoms with Gasteiger partial charge in [-0.1, -0.05) is 5.16 Å². The number of oxime groups is 1. The normalized spacial score (nSPS) is 28.3. The number of hydrogen-bond acceptors (Lipinski definition) is 3. The van der Waals surface area contributed by atoms with Gasteiger partial charge in [-0.3, -0.25) is 0 Å². The van der Waals surface area contributed by atoms with Crippen molar-refractivity contribution in [3.63, 3.8) is 0 Å². The molecule has 1 unspecified atom stereocenters. The maximum absolute atomic E-state index is 4.73. The molecule has 0 aliphatic carbocycles. The fourth-order valence-corrected chi connectivity index (χ4v) is 0.898. The van der Waals surface area contributed by atoms with Crippen molar-refractivity contribution in [3.8, 4) is 0 Å². The van der Waals surface area contributed by atoms with E-state index in [1.165, 1.54) is 0 Å². The van der Waals surface area contributed by atoms with Gasteiger partial charge in [0.1, 0.15) is 0 Å². The van der Waals surface area contributed by atoms with Crippen molar-refractivity contribution in [2.24, 2.45) is 5.16 Å². The van der Waals surface area contributed by atoms with Gasteiger partial charge in [-0.2, -0.15) is 0 Å². The summed E-state index contributed by atoms with van der Waals surface area (Å²) in [6, 6.07) is 0. The third-order valence-corrected chi connectivity index (χ3v) is 1.12. The molecule has 0 bridgehead atoms. The zero-order valence-corrected chi connectivity index (χ0v) is 5.97. The van der Waals surface area contributed by atoms with Gasteiger partial charge < -0.3 is 10.2 Å². The number of amidine groups is 1. The molecule has 40 valence electrons. The van der Waals surface area contributed by atoms with E-state index >= 15 is 0 Å². The molecule has 1 N–H and O–H groups in total. The Morgan fingerprint density at radius 1 is 2.00 bits per heavy atom. The highest BCUT2D eigenvalue weighted by Crippen LogP contribution is 2.00. The van der Waals surface area contributed by atoms with Gasteiger partial charge in [-0.15, -0.1) is 0 Å². The maximum atomic E-state index is 4.73. The van der Waals surface area contributed by atoms with Gasteiger partial charge in [0.25, 0.3) is 0 Å². The van der Waals surface area contributed by atoms with Gasteiger partial charge in [0.2, 0.25) is 3.84 Å². The quantitative estimate of drug-likeness (QED) is 0.472. The second-order valence-electron chi connectivity index (χ2n) is 1.27. The average molecular weight is 212 g/mol. The van der Waals surface area contributed by atoms with E-state index in [1.807, 2.05) is 6.92 Å². The van der Waals surface area contributed by atoms with Crippen molar-refractivity contribution in [2.75, 3.05) is 0 Å². The molecule has 0 amide bonds. The molecule has 1 heterocycles. The molecule has 0 saturated carbocycles. The second kappa shape index (κ2) is 1.85. The molecule has 0 aromatic heterocycles. The van der Waals surface area contributed by atoms with E-state index in [2.05, 4.69) is 33.1 Å². The fraction of sp³-hybridized carbons (Fsp3) is 0.667. The van der Waals surface area contributed by atoms with Crippen LogP contribution in [-0.4, -0.2) is 10.1 Å². The number of hydrogen-bond donors (Lipinski definition) is 1. The maximum Gasteiger partial charge on any atom is 0.206 e. The van der Waals surface area contributed by atoms with Crippen LogP contribution in [0.5, 0.6) is 0 Å². The summed E-state index contributed by atoms with van der Waals surface area (Å²) in [5.41, 5.74) is 0. The summed E-state index contributed by atoms with van der Waals surface area (Å²) in [5.74, 6) is 0. The minimum atomic E-state index is 0.0619. The smallest absolute Gasteiger partial charge is 0.206 e. The van der Waals surface area contributed by atoms with Crippen molar-refractivity contribution in [2.45, 2.75) is 13.2 Å². The average Bonchev–Trinajstić information content (AvgIpc) is 1.87. The molecule has 0 aromatic rings. The molecule has 0 radical (unpaired) electrons. The first-order valence-electron chi connectivity index (χ1n) is 1.95. The highest BCUT2D eigenvalue weighted by Gasteiger charge is 2.09. The topological polar surface area (TPSA) is 33.6 Å². The van der Waals surface area contributed by atoms with Crippen molar-refractivity contribution in [3.05, 3.63) is 0 Å². The van der Waals surface area contributed by atoms with Crippen molar-refractivity contribution in [1.29, 1.82) is 0 Å². The van der Waals surface area contributed by atoms with Crippen LogP contribution in [0.1, 0.15) is 6.92 Å². The van der Waals surface area contributed by atoms with Crippen molar-refractivity contribution < 1.29 is 4.84 Å². The number of rotatable bonds is 0. The minimum absolute atomic E-state index is 0.0619. The minimum Gasteiger partial charge on any atom is -0.369 e. The van der Waals surface area contributed by atoms with E-state index in [9.17, 15) is 0 Å². The molecule has 7 heavy (non-hydrogen) atoms. The third kappa shape index (κ3) is 1.19. The monoisotopic (exact) mass is 212 g/mol. The fourth-order valence-electron chi connectivity index (χ4n) is 0.346. The van der Waals surface area contributed by atoms with Gasteiger partial charge in [0, 0.05) is 22.6 Å². The van der Waals surface area contributed by atoms with Gasteiger partial charge in [0.15, 0.2) is 6.23 Å². The van der Waals surface area contributed by atoms with E-state index in [0.29, 0.717) is 0 Å². The molecular formula is C3H5IN2O. The van der Waals surface area contributed by atoms with Crippen LogP contribution < -0.4 is 5.32 Å². The van der Waals surface area contributed by atoms with Crippen LogP contribution in [0, 0.1) is 0 Å². The molecule has 1 aliphatic heterocycles. The lowest BCUT2D eigenvalue weighted by atomic mass is 10.7. The molecule has 0 spiro atoms. The Balaban J connectivity index is 2.42. The number of nitrogens with zero attached hydrogens (tertiary/aromatic N) is 1. The first-order chi connectivity index (χ1) is 3.29. The molecule has 1 atom stereocenters. The largest absolute Gasteiger partial charge is 0.369 e. The zero-order chi connectivity index (χ0) is 5.28. The predicted octanol–water partition coefficient (Wildman–Crippen LogP) is 0.658. The Kier molecular flexibility index (Phi) is 1.36. The molecule has 1 aliphatic rings. The Hall–Kier alpha value is -0.0000000000000000555. The van der Waals surface area contributed by atoms with Gasteiger partial charge >= 0.3 is 0 Å². The molecular weight excluding hydrogens is 207 g/mol. The van der Waals surface area contributed by atoms with Crippen LogP contribution in [0.2, 0.25) is 0 Å². The SMILES string of the molecule is CC1NC(I)=NO1. The van der Waals surface area contributed by atoms with Crippen LogP contribution in [0.15, 0.2) is 5.16 Å². The Labute approximate surface area is 55.2 Å². The number of nitrogens with one attached hydrogen (secondary N) is 1. The molecule has 0 aromatic carbocycles. The van der Waals surface area contributed by atoms with Crippen LogP contribution in [0.4, 0.5) is 0 Å². The van der Waals surface area contributed by atoms with E-state index in [4.69, 9.17) is 4.84 Å². The highest BCUT2D eigenvalue weighted by atomic mass is 127. The molecule has 0 saturated heterocycles. The standard InChI is InChI=1S/C3H5IN2O/c1-2-5-3(4)6-7-2/h2H,1H3,(H,5,6). The Morgan fingerprint density at radius 3 is 2.86 bits per heavy atom. The summed E-state index contributed by atoms with van der Waals surface area (Å²) < 4.78 is 0.824. The molecule has 3 nitrogen and oxygen atoms in total. The third-order valence-electron chi connectivity index (χ3n) is 0.613. The van der Waals surface area contributed by atoms with Crippen molar-refractivity contribution >= 4 is 26.4 Å². The van der Waals surface area contributed by atoms with Crippen LogP contribution in [0.25, 0.3) is 0 Å². The summed E-state index contributed by atoms with van der Waals surface area (Å²) >= 11 is 2.06. The summed E-state index contributed by atoms with van der Waals surface area (Å²) in [5, 5.41) is 6.54. The lowest BCUT2D eigenvalue weighted by Crippen LogP contribution is -2.22. The Morgan fingerprint density at radius 2 is 2.71 bits per heavy atom. The second-order valence-corrected chi connectivity index (χ2v) is 2.30. The number of halogens is 1. The van der Waals surface area contributed by atoms with Crippen molar-refractivity contribution in [1.82, 2.24) is 5.32 Å². The van der Waals surface area contributed by atoms with Crippen LogP contribution in [-0.2, 0) is 4.84 Å². The lowest BCUT2D eigenvalue weighted by molar-refractivity contribution is 0.0874. The Bertz CT molecular complexity index is 103. The molecule has 0 fully saturated rings. The molecule has 1 rings (SSSR count). The van der Waals surface area contributed by atoms with E-state index in [1.54, 1.807) is 0 Å². The summed E-state index contributed by atoms with van der Waals surface area (Å²) in [4.78, 5) is 4.73. The summed E-state index contributed by atoms with van der Waals surface area (Å²) in [6.07, 6.45) is 0.0619. The summed E-state index contributed by atoms with van der Waals surface area (Å²) in [7, 11) is 0.